The highest BCUT2D eigenvalue weighted by molar-refractivity contribution is 6.42. The second kappa shape index (κ2) is 6.95. The number of alkyl carbamates (subject to hydrolysis) is 1. The van der Waals surface area contributed by atoms with Gasteiger partial charge in [0.15, 0.2) is 0 Å². The third-order valence-electron chi connectivity index (χ3n) is 2.37. The quantitative estimate of drug-likeness (QED) is 0.849. The fourth-order valence-electron chi connectivity index (χ4n) is 1.55. The molecule has 1 aromatic rings. The van der Waals surface area contributed by atoms with Crippen molar-refractivity contribution in [1.29, 1.82) is 0 Å². The van der Waals surface area contributed by atoms with Gasteiger partial charge in [-0.2, -0.15) is 0 Å². The summed E-state index contributed by atoms with van der Waals surface area (Å²) in [6, 6.07) is 4.44. The van der Waals surface area contributed by atoms with Crippen LogP contribution in [0.15, 0.2) is 18.2 Å². The van der Waals surface area contributed by atoms with Crippen molar-refractivity contribution < 1.29 is 14.3 Å². The lowest BCUT2D eigenvalue weighted by atomic mass is 10.0. The Balaban J connectivity index is 2.85. The lowest BCUT2D eigenvalue weighted by molar-refractivity contribution is -0.108. The van der Waals surface area contributed by atoms with Crippen molar-refractivity contribution in [2.75, 3.05) is 0 Å². The van der Waals surface area contributed by atoms with Crippen LogP contribution in [0.5, 0.6) is 0 Å². The molecule has 6 heteroatoms. The van der Waals surface area contributed by atoms with E-state index in [4.69, 9.17) is 27.9 Å². The Hall–Kier alpha value is -1.26. The highest BCUT2D eigenvalue weighted by Gasteiger charge is 2.20. The van der Waals surface area contributed by atoms with Crippen molar-refractivity contribution in [1.82, 2.24) is 5.32 Å². The third kappa shape index (κ3) is 5.39. The molecule has 4 nitrogen and oxygen atoms in total. The monoisotopic (exact) mass is 317 g/mol. The number of hydrogen-bond donors (Lipinski definition) is 1. The van der Waals surface area contributed by atoms with Gasteiger partial charge in [0.25, 0.3) is 0 Å². The summed E-state index contributed by atoms with van der Waals surface area (Å²) >= 11 is 11.8. The number of nitrogens with one attached hydrogen (secondary N) is 1. The number of halogens is 2. The van der Waals surface area contributed by atoms with Gasteiger partial charge in [0.2, 0.25) is 0 Å². The number of hydrogen-bond acceptors (Lipinski definition) is 3. The zero-order chi connectivity index (χ0) is 15.3. The van der Waals surface area contributed by atoms with Gasteiger partial charge >= 0.3 is 6.09 Å². The molecule has 0 aliphatic carbocycles. The van der Waals surface area contributed by atoms with Crippen LogP contribution in [0.1, 0.15) is 38.8 Å². The van der Waals surface area contributed by atoms with Gasteiger partial charge in [-0.1, -0.05) is 29.3 Å². The van der Waals surface area contributed by atoms with E-state index in [1.54, 1.807) is 39.0 Å². The molecule has 0 aliphatic rings. The fraction of sp³-hybridized carbons (Fsp3) is 0.429. The normalized spacial score (nSPS) is 12.7. The Morgan fingerprint density at radius 3 is 2.50 bits per heavy atom. The largest absolute Gasteiger partial charge is 0.444 e. The third-order valence-corrected chi connectivity index (χ3v) is 3.11. The molecule has 1 N–H and O–H groups in total. The molecule has 0 spiro atoms. The highest BCUT2D eigenvalue weighted by atomic mass is 35.5. The molecule has 20 heavy (non-hydrogen) atoms. The van der Waals surface area contributed by atoms with Gasteiger partial charge in [0.05, 0.1) is 16.1 Å². The van der Waals surface area contributed by atoms with E-state index in [0.29, 0.717) is 15.6 Å². The van der Waals surface area contributed by atoms with Crippen LogP contribution in [0, 0.1) is 0 Å². The van der Waals surface area contributed by atoms with E-state index in [0.717, 1.165) is 6.29 Å². The Bertz CT molecular complexity index is 498. The van der Waals surface area contributed by atoms with E-state index in [9.17, 15) is 9.59 Å². The minimum Gasteiger partial charge on any atom is -0.444 e. The summed E-state index contributed by atoms with van der Waals surface area (Å²) in [6.45, 7) is 5.29. The average Bonchev–Trinajstić information content (AvgIpc) is 2.30. The first-order chi connectivity index (χ1) is 9.23. The molecule has 0 fully saturated rings. The van der Waals surface area contributed by atoms with Crippen LogP contribution in [0.2, 0.25) is 10.0 Å². The minimum atomic E-state index is -0.604. The van der Waals surface area contributed by atoms with E-state index >= 15 is 0 Å². The summed E-state index contributed by atoms with van der Waals surface area (Å²) in [5.74, 6) is 0. The molecule has 1 atom stereocenters. The molecule has 0 unspecified atom stereocenters. The molecule has 0 bridgehead atoms. The Labute approximate surface area is 128 Å². The molecule has 0 heterocycles. The summed E-state index contributed by atoms with van der Waals surface area (Å²) in [6.07, 6.45) is 0.261. The van der Waals surface area contributed by atoms with Crippen molar-refractivity contribution in [3.8, 4) is 0 Å². The van der Waals surface area contributed by atoms with Crippen LogP contribution in [0.4, 0.5) is 4.79 Å². The molecule has 0 radical (unpaired) electrons. The van der Waals surface area contributed by atoms with Crippen LogP contribution in [0.25, 0.3) is 0 Å². The first kappa shape index (κ1) is 16.8. The van der Waals surface area contributed by atoms with Crippen LogP contribution >= 0.6 is 23.2 Å². The van der Waals surface area contributed by atoms with Crippen molar-refractivity contribution >= 4 is 35.6 Å². The molecule has 0 aromatic heterocycles. The number of aldehydes is 1. The fourth-order valence-corrected chi connectivity index (χ4v) is 1.86. The maximum Gasteiger partial charge on any atom is 0.408 e. The second-order valence-corrected chi connectivity index (χ2v) is 6.09. The zero-order valence-corrected chi connectivity index (χ0v) is 13.1. The SMILES string of the molecule is CC(C)(C)OC(=O)N[C@H](CC=O)c1ccc(Cl)c(Cl)c1. The second-order valence-electron chi connectivity index (χ2n) is 5.27. The summed E-state index contributed by atoms with van der Waals surface area (Å²) < 4.78 is 5.16. The Kier molecular flexibility index (Phi) is 5.84. The van der Waals surface area contributed by atoms with E-state index in [1.165, 1.54) is 0 Å². The standard InChI is InChI=1S/C14H17Cl2NO3/c1-14(2,3)20-13(19)17-12(6-7-18)9-4-5-10(15)11(16)8-9/h4-5,7-8,12H,6H2,1-3H3,(H,17,19)/t12-/m1/s1. The van der Waals surface area contributed by atoms with E-state index in [-0.39, 0.29) is 6.42 Å². The van der Waals surface area contributed by atoms with Gasteiger partial charge in [-0.25, -0.2) is 4.79 Å². The zero-order valence-electron chi connectivity index (χ0n) is 11.6. The number of carbonyl (C=O) groups is 2. The number of benzene rings is 1. The minimum absolute atomic E-state index is 0.122. The van der Waals surface area contributed by atoms with Crippen LogP contribution in [-0.2, 0) is 9.53 Å². The number of rotatable bonds is 4. The van der Waals surface area contributed by atoms with Gasteiger partial charge in [0.1, 0.15) is 11.9 Å². The molecule has 0 aliphatic heterocycles. The maximum absolute atomic E-state index is 11.8. The molecule has 0 saturated carbocycles. The van der Waals surface area contributed by atoms with E-state index in [1.807, 2.05) is 0 Å². The van der Waals surface area contributed by atoms with Crippen molar-refractivity contribution in [2.24, 2.45) is 0 Å². The predicted octanol–water partition coefficient (Wildman–Crippen LogP) is 4.15. The lowest BCUT2D eigenvalue weighted by Crippen LogP contribution is -2.35. The summed E-state index contributed by atoms with van der Waals surface area (Å²) in [4.78, 5) is 22.5. The van der Waals surface area contributed by atoms with E-state index < -0.39 is 17.7 Å². The molecule has 1 aromatic carbocycles. The highest BCUT2D eigenvalue weighted by Crippen LogP contribution is 2.26. The maximum atomic E-state index is 11.8. The first-order valence-electron chi connectivity index (χ1n) is 6.11. The van der Waals surface area contributed by atoms with Crippen molar-refractivity contribution in [3.63, 3.8) is 0 Å². The van der Waals surface area contributed by atoms with Gasteiger partial charge in [-0.05, 0) is 38.5 Å². The molecular weight excluding hydrogens is 301 g/mol. The van der Waals surface area contributed by atoms with Crippen LogP contribution < -0.4 is 5.32 Å². The number of carbonyl (C=O) groups excluding carboxylic acids is 2. The van der Waals surface area contributed by atoms with Gasteiger partial charge in [-0.15, -0.1) is 0 Å². The van der Waals surface area contributed by atoms with Gasteiger partial charge in [0, 0.05) is 6.42 Å². The first-order valence-corrected chi connectivity index (χ1v) is 6.86. The molecule has 1 rings (SSSR count). The molecular formula is C14H17Cl2NO3. The average molecular weight is 318 g/mol. The molecule has 0 saturated heterocycles. The molecule has 1 amide bonds. The Morgan fingerprint density at radius 2 is 2.00 bits per heavy atom. The van der Waals surface area contributed by atoms with Gasteiger partial charge < -0.3 is 14.8 Å². The predicted molar refractivity (Wildman–Crippen MR) is 79.3 cm³/mol. The van der Waals surface area contributed by atoms with Crippen LogP contribution in [-0.4, -0.2) is 18.0 Å². The molecule has 110 valence electrons. The smallest absolute Gasteiger partial charge is 0.408 e. The van der Waals surface area contributed by atoms with E-state index in [2.05, 4.69) is 5.32 Å². The summed E-state index contributed by atoms with van der Waals surface area (Å²) in [7, 11) is 0. The van der Waals surface area contributed by atoms with Crippen LogP contribution in [0.3, 0.4) is 0 Å². The van der Waals surface area contributed by atoms with Crippen molar-refractivity contribution in [3.05, 3.63) is 33.8 Å². The van der Waals surface area contributed by atoms with Crippen molar-refractivity contribution in [2.45, 2.75) is 38.8 Å². The number of amides is 1. The van der Waals surface area contributed by atoms with Gasteiger partial charge in [-0.3, -0.25) is 0 Å². The topological polar surface area (TPSA) is 55.4 Å². The number of ether oxygens (including phenoxy) is 1. The Morgan fingerprint density at radius 1 is 1.35 bits per heavy atom. The summed E-state index contributed by atoms with van der Waals surface area (Å²) in [5, 5.41) is 3.42. The summed E-state index contributed by atoms with van der Waals surface area (Å²) in [5.41, 5.74) is 0.0883. The lowest BCUT2D eigenvalue weighted by Gasteiger charge is -2.23.